The summed E-state index contributed by atoms with van der Waals surface area (Å²) in [7, 11) is 0. The Kier molecular flexibility index (Phi) is 4.07. The van der Waals surface area contributed by atoms with Gasteiger partial charge >= 0.3 is 0 Å². The van der Waals surface area contributed by atoms with Crippen molar-refractivity contribution in [3.05, 3.63) is 42.1 Å². The fraction of sp³-hybridized carbons (Fsp3) is 0.214. The van der Waals surface area contributed by atoms with E-state index in [4.69, 9.17) is 5.73 Å². The Hall–Kier alpha value is -2.43. The molecule has 1 heterocycles. The molecule has 2 aromatic rings. The number of hydrogen-bond donors (Lipinski definition) is 2. The zero-order valence-corrected chi connectivity index (χ0v) is 10.8. The van der Waals surface area contributed by atoms with Crippen molar-refractivity contribution >= 4 is 11.7 Å². The Morgan fingerprint density at radius 3 is 2.68 bits per heavy atom. The van der Waals surface area contributed by atoms with E-state index < -0.39 is 0 Å². The highest BCUT2D eigenvalue weighted by Crippen LogP contribution is 2.16. The fourth-order valence-electron chi connectivity index (χ4n) is 1.63. The molecule has 98 valence electrons. The van der Waals surface area contributed by atoms with E-state index in [0.29, 0.717) is 17.9 Å². The molecule has 0 saturated heterocycles. The minimum absolute atomic E-state index is 0.197. The molecule has 1 aromatic carbocycles. The van der Waals surface area contributed by atoms with Gasteiger partial charge in [0, 0.05) is 18.3 Å². The summed E-state index contributed by atoms with van der Waals surface area (Å²) in [5, 5.41) is 2.75. The molecule has 0 atom stereocenters. The summed E-state index contributed by atoms with van der Waals surface area (Å²) in [6.45, 7) is 2.59. The van der Waals surface area contributed by atoms with Crippen molar-refractivity contribution in [1.29, 1.82) is 0 Å². The summed E-state index contributed by atoms with van der Waals surface area (Å²) >= 11 is 0. The molecule has 0 aliphatic carbocycles. The number of nitrogens with zero attached hydrogens (tertiary/aromatic N) is 2. The summed E-state index contributed by atoms with van der Waals surface area (Å²) in [6.07, 6.45) is 2.34. The highest BCUT2D eigenvalue weighted by molar-refractivity contribution is 5.98. The zero-order valence-electron chi connectivity index (χ0n) is 10.8. The van der Waals surface area contributed by atoms with Gasteiger partial charge in [0.15, 0.2) is 5.82 Å². The number of nitrogens with one attached hydrogen (secondary N) is 1. The second-order valence-corrected chi connectivity index (χ2v) is 4.11. The van der Waals surface area contributed by atoms with Gasteiger partial charge in [-0.3, -0.25) is 4.79 Å². The Bertz CT molecular complexity index is 569. The molecule has 5 heteroatoms. The molecule has 19 heavy (non-hydrogen) atoms. The van der Waals surface area contributed by atoms with E-state index in [0.717, 1.165) is 12.0 Å². The molecule has 0 fully saturated rings. The van der Waals surface area contributed by atoms with Crippen LogP contribution in [0.1, 0.15) is 23.7 Å². The molecule has 0 radical (unpaired) electrons. The number of nitrogen functional groups attached to an aromatic ring is 1. The van der Waals surface area contributed by atoms with E-state index in [1.165, 1.54) is 6.20 Å². The van der Waals surface area contributed by atoms with Gasteiger partial charge in [0.25, 0.3) is 5.91 Å². The van der Waals surface area contributed by atoms with Crippen LogP contribution >= 0.6 is 0 Å². The van der Waals surface area contributed by atoms with Gasteiger partial charge in [-0.25, -0.2) is 9.97 Å². The summed E-state index contributed by atoms with van der Waals surface area (Å²) in [6, 6.07) is 9.50. The number of hydrogen-bond acceptors (Lipinski definition) is 4. The van der Waals surface area contributed by atoms with Gasteiger partial charge in [-0.2, -0.15) is 0 Å². The third-order valence-corrected chi connectivity index (χ3v) is 2.63. The Morgan fingerprint density at radius 1 is 1.32 bits per heavy atom. The summed E-state index contributed by atoms with van der Waals surface area (Å²) in [5.41, 5.74) is 7.00. The number of rotatable bonds is 4. The molecular weight excluding hydrogens is 240 g/mol. The number of aromatic nitrogens is 2. The van der Waals surface area contributed by atoms with Crippen LogP contribution in [0, 0.1) is 0 Å². The number of carbonyl (C=O) groups is 1. The molecule has 0 bridgehead atoms. The maximum atomic E-state index is 11.8. The predicted octanol–water partition coefficient (Wildman–Crippen LogP) is 1.87. The van der Waals surface area contributed by atoms with E-state index in [9.17, 15) is 4.79 Å². The SMILES string of the molecule is CCCNC(=O)c1cnc(-c2ccccc2)nc1N. The second-order valence-electron chi connectivity index (χ2n) is 4.11. The highest BCUT2D eigenvalue weighted by atomic mass is 16.1. The molecule has 5 nitrogen and oxygen atoms in total. The molecule has 0 aliphatic heterocycles. The van der Waals surface area contributed by atoms with Gasteiger partial charge in [-0.1, -0.05) is 37.3 Å². The van der Waals surface area contributed by atoms with Gasteiger partial charge in [0.2, 0.25) is 0 Å². The van der Waals surface area contributed by atoms with Crippen molar-refractivity contribution in [2.24, 2.45) is 0 Å². The maximum absolute atomic E-state index is 11.8. The van der Waals surface area contributed by atoms with Crippen LogP contribution in [-0.2, 0) is 0 Å². The molecule has 3 N–H and O–H groups in total. The molecule has 0 saturated carbocycles. The van der Waals surface area contributed by atoms with Crippen LogP contribution in [0.4, 0.5) is 5.82 Å². The monoisotopic (exact) mass is 256 g/mol. The second kappa shape index (κ2) is 5.95. The van der Waals surface area contributed by atoms with Crippen LogP contribution in [-0.4, -0.2) is 22.4 Å². The quantitative estimate of drug-likeness (QED) is 0.875. The van der Waals surface area contributed by atoms with Gasteiger partial charge in [0.05, 0.1) is 5.56 Å². The van der Waals surface area contributed by atoms with Crippen LogP contribution < -0.4 is 11.1 Å². The van der Waals surface area contributed by atoms with Crippen molar-refractivity contribution in [1.82, 2.24) is 15.3 Å². The lowest BCUT2D eigenvalue weighted by molar-refractivity contribution is 0.0954. The number of amides is 1. The first kappa shape index (κ1) is 13.0. The molecule has 0 aliphatic rings. The first-order valence-electron chi connectivity index (χ1n) is 6.18. The van der Waals surface area contributed by atoms with Crippen molar-refractivity contribution in [2.45, 2.75) is 13.3 Å². The van der Waals surface area contributed by atoms with Crippen molar-refractivity contribution < 1.29 is 4.79 Å². The van der Waals surface area contributed by atoms with Gasteiger partial charge in [-0.15, -0.1) is 0 Å². The third kappa shape index (κ3) is 3.07. The van der Waals surface area contributed by atoms with E-state index in [1.54, 1.807) is 0 Å². The molecule has 0 unspecified atom stereocenters. The lowest BCUT2D eigenvalue weighted by atomic mass is 10.2. The standard InChI is InChI=1S/C14H16N4O/c1-2-8-16-14(19)11-9-17-13(18-12(11)15)10-6-4-3-5-7-10/h3-7,9H,2,8H2,1H3,(H,16,19)(H2,15,17,18). The average molecular weight is 256 g/mol. The Balaban J connectivity index is 2.25. The van der Waals surface area contributed by atoms with E-state index in [1.807, 2.05) is 37.3 Å². The number of nitrogens with two attached hydrogens (primary N) is 1. The molecule has 2 rings (SSSR count). The minimum atomic E-state index is -0.237. The zero-order chi connectivity index (χ0) is 13.7. The first-order valence-corrected chi connectivity index (χ1v) is 6.18. The van der Waals surface area contributed by atoms with Crippen LogP contribution in [0.2, 0.25) is 0 Å². The van der Waals surface area contributed by atoms with Crippen molar-refractivity contribution in [3.8, 4) is 11.4 Å². The maximum Gasteiger partial charge on any atom is 0.256 e. The van der Waals surface area contributed by atoms with E-state index in [-0.39, 0.29) is 11.7 Å². The molecular formula is C14H16N4O. The van der Waals surface area contributed by atoms with Gasteiger partial charge in [0.1, 0.15) is 5.82 Å². The molecule has 0 spiro atoms. The van der Waals surface area contributed by atoms with Crippen molar-refractivity contribution in [2.75, 3.05) is 12.3 Å². The Labute approximate surface area is 111 Å². The molecule has 1 aromatic heterocycles. The normalized spacial score (nSPS) is 10.2. The number of benzene rings is 1. The topological polar surface area (TPSA) is 80.9 Å². The smallest absolute Gasteiger partial charge is 0.256 e. The summed E-state index contributed by atoms with van der Waals surface area (Å²) < 4.78 is 0. The largest absolute Gasteiger partial charge is 0.383 e. The number of anilines is 1. The van der Waals surface area contributed by atoms with Gasteiger partial charge in [-0.05, 0) is 6.42 Å². The third-order valence-electron chi connectivity index (χ3n) is 2.63. The van der Waals surface area contributed by atoms with Crippen LogP contribution in [0.3, 0.4) is 0 Å². The number of carbonyl (C=O) groups excluding carboxylic acids is 1. The fourth-order valence-corrected chi connectivity index (χ4v) is 1.63. The van der Waals surface area contributed by atoms with Crippen LogP contribution in [0.25, 0.3) is 11.4 Å². The van der Waals surface area contributed by atoms with Crippen LogP contribution in [0.5, 0.6) is 0 Å². The highest BCUT2D eigenvalue weighted by Gasteiger charge is 2.12. The predicted molar refractivity (Wildman–Crippen MR) is 74.5 cm³/mol. The lowest BCUT2D eigenvalue weighted by Gasteiger charge is -2.07. The summed E-state index contributed by atoms with van der Waals surface area (Å²) in [5.74, 6) is 0.478. The van der Waals surface area contributed by atoms with Crippen molar-refractivity contribution in [3.63, 3.8) is 0 Å². The molecule has 1 amide bonds. The van der Waals surface area contributed by atoms with E-state index in [2.05, 4.69) is 15.3 Å². The Morgan fingerprint density at radius 2 is 2.05 bits per heavy atom. The average Bonchev–Trinajstić information content (AvgIpc) is 2.45. The minimum Gasteiger partial charge on any atom is -0.383 e. The lowest BCUT2D eigenvalue weighted by Crippen LogP contribution is -2.25. The summed E-state index contributed by atoms with van der Waals surface area (Å²) in [4.78, 5) is 20.2. The first-order chi connectivity index (χ1) is 9.22. The van der Waals surface area contributed by atoms with Crippen LogP contribution in [0.15, 0.2) is 36.5 Å². The van der Waals surface area contributed by atoms with E-state index >= 15 is 0 Å². The van der Waals surface area contributed by atoms with Gasteiger partial charge < -0.3 is 11.1 Å².